The van der Waals surface area contributed by atoms with Crippen molar-refractivity contribution in [1.29, 1.82) is 0 Å². The first-order chi connectivity index (χ1) is 6.61. The molecular weight excluding hydrogens is 187 g/mol. The van der Waals surface area contributed by atoms with Gasteiger partial charge in [0.05, 0.1) is 6.04 Å². The second-order valence-electron chi connectivity index (χ2n) is 4.19. The van der Waals surface area contributed by atoms with E-state index < -0.39 is 24.3 Å². The number of carbonyl (C=O) groups is 1. The minimum absolute atomic E-state index is 0.0618. The molecule has 0 unspecified atom stereocenters. The van der Waals surface area contributed by atoms with Crippen molar-refractivity contribution in [2.24, 2.45) is 5.73 Å². The molecule has 0 aromatic carbocycles. The van der Waals surface area contributed by atoms with Gasteiger partial charge in [-0.1, -0.05) is 0 Å². The third-order valence-electron chi connectivity index (χ3n) is 3.33. The summed E-state index contributed by atoms with van der Waals surface area (Å²) in [5, 5.41) is 8.97. The van der Waals surface area contributed by atoms with E-state index in [0.717, 1.165) is 12.8 Å². The smallest absolute Gasteiger partial charge is 0.407 e. The van der Waals surface area contributed by atoms with Crippen LogP contribution in [0.2, 0.25) is 0 Å². The summed E-state index contributed by atoms with van der Waals surface area (Å²) in [6, 6.07) is -1.05. The van der Waals surface area contributed by atoms with Gasteiger partial charge in [-0.25, -0.2) is 9.18 Å². The first-order valence-electron chi connectivity index (χ1n) is 5.02. The van der Waals surface area contributed by atoms with E-state index in [1.54, 1.807) is 0 Å². The molecule has 80 valence electrons. The normalized spacial score (nSPS) is 42.3. The molecule has 14 heavy (non-hydrogen) atoms. The molecule has 2 heterocycles. The molecule has 0 aromatic rings. The Labute approximate surface area is 81.9 Å². The zero-order chi connectivity index (χ0) is 10.3. The van der Waals surface area contributed by atoms with E-state index in [-0.39, 0.29) is 6.04 Å². The number of rotatable bonds is 0. The molecule has 2 aliphatic heterocycles. The van der Waals surface area contributed by atoms with E-state index in [9.17, 15) is 9.18 Å². The molecule has 0 spiro atoms. The van der Waals surface area contributed by atoms with E-state index in [0.29, 0.717) is 12.8 Å². The Morgan fingerprint density at radius 2 is 2.21 bits per heavy atom. The number of hydrogen-bond donors (Lipinski definition) is 2. The summed E-state index contributed by atoms with van der Waals surface area (Å²) in [6.07, 6.45) is 0.605. The second-order valence-corrected chi connectivity index (χ2v) is 4.19. The number of halogens is 1. The highest BCUT2D eigenvalue weighted by Crippen LogP contribution is 2.34. The van der Waals surface area contributed by atoms with Crippen molar-refractivity contribution in [3.8, 4) is 0 Å². The minimum atomic E-state index is -1.19. The molecular formula is C9H15FN2O2. The van der Waals surface area contributed by atoms with Gasteiger partial charge in [0.15, 0.2) is 0 Å². The lowest BCUT2D eigenvalue weighted by atomic mass is 9.81. The quantitative estimate of drug-likeness (QED) is 0.614. The van der Waals surface area contributed by atoms with Crippen molar-refractivity contribution >= 4 is 6.09 Å². The standard InChI is InChI=1S/C9H15FN2O2/c10-8-6(11)4-5-2-1-3-7(8)12(5)9(13)14/h5-8H,1-4,11H2,(H,13,14)/t5-,6-,7+,8-/m1/s1. The summed E-state index contributed by atoms with van der Waals surface area (Å²) in [7, 11) is 0. The fourth-order valence-electron chi connectivity index (χ4n) is 2.68. The SMILES string of the molecule is N[C@@H]1C[C@H]2CCC[C@@H]([C@@H]1F)N2C(=O)O. The van der Waals surface area contributed by atoms with Crippen LogP contribution >= 0.6 is 0 Å². The number of hydrogen-bond acceptors (Lipinski definition) is 2. The highest BCUT2D eigenvalue weighted by atomic mass is 19.1. The number of alkyl halides is 1. The van der Waals surface area contributed by atoms with Gasteiger partial charge in [0.25, 0.3) is 0 Å². The largest absolute Gasteiger partial charge is 0.465 e. The molecule has 4 nitrogen and oxygen atoms in total. The maximum Gasteiger partial charge on any atom is 0.407 e. The van der Waals surface area contributed by atoms with Crippen LogP contribution in [0, 0.1) is 0 Å². The Kier molecular flexibility index (Phi) is 2.34. The van der Waals surface area contributed by atoms with E-state index in [1.165, 1.54) is 4.90 Å². The molecule has 2 saturated heterocycles. The molecule has 2 fully saturated rings. The van der Waals surface area contributed by atoms with Gasteiger partial charge in [-0.05, 0) is 25.7 Å². The number of nitrogens with two attached hydrogens (primary N) is 1. The number of nitrogens with zero attached hydrogens (tertiary/aromatic N) is 1. The average Bonchev–Trinajstić information content (AvgIpc) is 2.14. The summed E-state index contributed by atoms with van der Waals surface area (Å²) in [4.78, 5) is 12.2. The van der Waals surface area contributed by atoms with Crippen molar-refractivity contribution in [3.05, 3.63) is 0 Å². The highest BCUT2D eigenvalue weighted by Gasteiger charge is 2.46. The summed E-state index contributed by atoms with van der Waals surface area (Å²) in [5.74, 6) is 0. The number of piperidine rings is 2. The molecule has 2 rings (SSSR count). The van der Waals surface area contributed by atoms with Crippen LogP contribution in [0.25, 0.3) is 0 Å². The Bertz CT molecular complexity index is 249. The highest BCUT2D eigenvalue weighted by molar-refractivity contribution is 5.66. The molecule has 0 aliphatic carbocycles. The van der Waals surface area contributed by atoms with Crippen molar-refractivity contribution in [2.75, 3.05) is 0 Å². The van der Waals surface area contributed by atoms with E-state index in [2.05, 4.69) is 0 Å². The summed E-state index contributed by atoms with van der Waals surface area (Å²) < 4.78 is 13.6. The molecule has 4 atom stereocenters. The second kappa shape index (κ2) is 3.38. The molecule has 0 saturated carbocycles. The molecule has 3 N–H and O–H groups in total. The predicted molar refractivity (Wildman–Crippen MR) is 48.8 cm³/mol. The Balaban J connectivity index is 2.22. The van der Waals surface area contributed by atoms with Gasteiger partial charge < -0.3 is 10.8 Å². The maximum atomic E-state index is 13.6. The monoisotopic (exact) mass is 202 g/mol. The van der Waals surface area contributed by atoms with Crippen LogP contribution in [0.1, 0.15) is 25.7 Å². The Hall–Kier alpha value is -0.840. The van der Waals surface area contributed by atoms with Gasteiger partial charge >= 0.3 is 6.09 Å². The van der Waals surface area contributed by atoms with E-state index in [1.807, 2.05) is 0 Å². The lowest BCUT2D eigenvalue weighted by molar-refractivity contribution is -0.0117. The molecule has 2 bridgehead atoms. The molecule has 0 aromatic heterocycles. The number of fused-ring (bicyclic) bond motifs is 2. The molecule has 0 radical (unpaired) electrons. The van der Waals surface area contributed by atoms with Gasteiger partial charge in [0, 0.05) is 12.1 Å². The van der Waals surface area contributed by atoms with Crippen LogP contribution in [0.4, 0.5) is 9.18 Å². The van der Waals surface area contributed by atoms with Crippen LogP contribution in [0.15, 0.2) is 0 Å². The summed E-state index contributed by atoms with van der Waals surface area (Å²) in [5.41, 5.74) is 5.64. The Morgan fingerprint density at radius 1 is 1.50 bits per heavy atom. The van der Waals surface area contributed by atoms with Crippen LogP contribution < -0.4 is 5.73 Å². The summed E-state index contributed by atoms with van der Waals surface area (Å²) in [6.45, 7) is 0. The molecule has 5 heteroatoms. The zero-order valence-corrected chi connectivity index (χ0v) is 7.90. The van der Waals surface area contributed by atoms with Gasteiger partial charge in [-0.2, -0.15) is 0 Å². The topological polar surface area (TPSA) is 66.6 Å². The van der Waals surface area contributed by atoms with Crippen molar-refractivity contribution in [3.63, 3.8) is 0 Å². The maximum absolute atomic E-state index is 13.6. The number of amides is 1. The van der Waals surface area contributed by atoms with Crippen LogP contribution in [-0.2, 0) is 0 Å². The van der Waals surface area contributed by atoms with E-state index in [4.69, 9.17) is 10.8 Å². The first kappa shape index (κ1) is 9.71. The number of carboxylic acid groups (broad SMARTS) is 1. The summed E-state index contributed by atoms with van der Waals surface area (Å²) >= 11 is 0. The van der Waals surface area contributed by atoms with Gasteiger partial charge in [0.1, 0.15) is 6.17 Å². The lowest BCUT2D eigenvalue weighted by Crippen LogP contribution is -2.63. The minimum Gasteiger partial charge on any atom is -0.465 e. The average molecular weight is 202 g/mol. The zero-order valence-electron chi connectivity index (χ0n) is 7.90. The van der Waals surface area contributed by atoms with Gasteiger partial charge in [-0.3, -0.25) is 4.90 Å². The fourth-order valence-corrected chi connectivity index (χ4v) is 2.68. The van der Waals surface area contributed by atoms with Gasteiger partial charge in [-0.15, -0.1) is 0 Å². The van der Waals surface area contributed by atoms with Crippen LogP contribution in [0.5, 0.6) is 0 Å². The fraction of sp³-hybridized carbons (Fsp3) is 0.889. The predicted octanol–water partition coefficient (Wildman–Crippen LogP) is 0.957. The molecule has 1 amide bonds. The third-order valence-corrected chi connectivity index (χ3v) is 3.33. The van der Waals surface area contributed by atoms with Crippen molar-refractivity contribution in [2.45, 2.75) is 50.0 Å². The van der Waals surface area contributed by atoms with Crippen LogP contribution in [-0.4, -0.2) is 40.4 Å². The van der Waals surface area contributed by atoms with E-state index >= 15 is 0 Å². The molecule has 2 aliphatic rings. The van der Waals surface area contributed by atoms with Gasteiger partial charge in [0.2, 0.25) is 0 Å². The lowest BCUT2D eigenvalue weighted by Gasteiger charge is -2.48. The first-order valence-corrected chi connectivity index (χ1v) is 5.02. The van der Waals surface area contributed by atoms with Crippen molar-refractivity contribution in [1.82, 2.24) is 4.90 Å². The van der Waals surface area contributed by atoms with Crippen LogP contribution in [0.3, 0.4) is 0 Å². The van der Waals surface area contributed by atoms with Crippen molar-refractivity contribution < 1.29 is 14.3 Å². The third kappa shape index (κ3) is 1.35. The Morgan fingerprint density at radius 3 is 2.86 bits per heavy atom.